The molecule has 27 heavy (non-hydrogen) atoms. The Morgan fingerprint density at radius 3 is 2.15 bits per heavy atom. The van der Waals surface area contributed by atoms with Crippen LogP contribution in [0.4, 0.5) is 15.8 Å². The van der Waals surface area contributed by atoms with E-state index in [0.717, 1.165) is 11.1 Å². The minimum Gasteiger partial charge on any atom is -0.493 e. The van der Waals surface area contributed by atoms with Crippen molar-refractivity contribution in [3.05, 3.63) is 72.0 Å². The molecule has 0 aliphatic carbocycles. The molecule has 138 valence electrons. The first kappa shape index (κ1) is 18.3. The van der Waals surface area contributed by atoms with Gasteiger partial charge in [0.2, 0.25) is 0 Å². The Morgan fingerprint density at radius 2 is 1.52 bits per heavy atom. The summed E-state index contributed by atoms with van der Waals surface area (Å²) in [5, 5.41) is 12.5. The highest BCUT2D eigenvalue weighted by Crippen LogP contribution is 2.34. The number of benzene rings is 3. The number of nitrogens with one attached hydrogen (secondary N) is 1. The van der Waals surface area contributed by atoms with Gasteiger partial charge in [0.05, 0.1) is 25.5 Å². The molecule has 3 rings (SSSR count). The van der Waals surface area contributed by atoms with Crippen LogP contribution >= 0.6 is 0 Å². The van der Waals surface area contributed by atoms with Crippen LogP contribution < -0.4 is 14.8 Å². The summed E-state index contributed by atoms with van der Waals surface area (Å²) in [6.07, 6.45) is 0. The van der Waals surface area contributed by atoms with Crippen molar-refractivity contribution in [2.24, 2.45) is 0 Å². The molecule has 0 fully saturated rings. The number of carboxylic acid groups (broad SMARTS) is 1. The number of anilines is 2. The molecule has 6 heteroatoms. The summed E-state index contributed by atoms with van der Waals surface area (Å²) in [6, 6.07) is 16.1. The highest BCUT2D eigenvalue weighted by Gasteiger charge is 2.13. The summed E-state index contributed by atoms with van der Waals surface area (Å²) < 4.78 is 23.7. The van der Waals surface area contributed by atoms with Crippen molar-refractivity contribution < 1.29 is 23.8 Å². The predicted molar refractivity (Wildman–Crippen MR) is 102 cm³/mol. The molecule has 5 nitrogen and oxygen atoms in total. The summed E-state index contributed by atoms with van der Waals surface area (Å²) in [5.74, 6) is -0.241. The number of ether oxygens (including phenoxy) is 2. The van der Waals surface area contributed by atoms with E-state index in [1.165, 1.54) is 18.2 Å². The molecule has 3 aromatic rings. The molecule has 2 N–H and O–H groups in total. The van der Waals surface area contributed by atoms with E-state index in [1.807, 2.05) is 12.1 Å². The molecule has 0 spiro atoms. The first-order chi connectivity index (χ1) is 13.0. The molecule has 0 radical (unpaired) electrons. The third-order valence-electron chi connectivity index (χ3n) is 4.09. The van der Waals surface area contributed by atoms with Crippen LogP contribution in [0.3, 0.4) is 0 Å². The van der Waals surface area contributed by atoms with Crippen molar-refractivity contribution in [1.82, 2.24) is 0 Å². The van der Waals surface area contributed by atoms with Crippen LogP contribution in [0.15, 0.2) is 60.7 Å². The van der Waals surface area contributed by atoms with Gasteiger partial charge >= 0.3 is 5.97 Å². The van der Waals surface area contributed by atoms with Crippen molar-refractivity contribution in [2.75, 3.05) is 19.5 Å². The number of aromatic carboxylic acids is 1. The average Bonchev–Trinajstić information content (AvgIpc) is 2.69. The number of hydrogen-bond donors (Lipinski definition) is 2. The van der Waals surface area contributed by atoms with Gasteiger partial charge in [-0.25, -0.2) is 9.18 Å². The Bertz CT molecular complexity index is 970. The zero-order valence-corrected chi connectivity index (χ0v) is 14.8. The van der Waals surface area contributed by atoms with Gasteiger partial charge in [-0.1, -0.05) is 12.1 Å². The molecule has 0 saturated heterocycles. The van der Waals surface area contributed by atoms with Crippen LogP contribution in [0.25, 0.3) is 11.1 Å². The topological polar surface area (TPSA) is 67.8 Å². The molecule has 0 unspecified atom stereocenters. The number of halogens is 1. The molecule has 0 saturated carbocycles. The second-order valence-electron chi connectivity index (χ2n) is 5.77. The third-order valence-corrected chi connectivity index (χ3v) is 4.09. The van der Waals surface area contributed by atoms with E-state index in [4.69, 9.17) is 9.47 Å². The lowest BCUT2D eigenvalue weighted by Crippen LogP contribution is -2.03. The smallest absolute Gasteiger partial charge is 0.337 e. The Balaban J connectivity index is 2.03. The monoisotopic (exact) mass is 367 g/mol. The maximum Gasteiger partial charge on any atom is 0.337 e. The molecule has 0 bridgehead atoms. The van der Waals surface area contributed by atoms with E-state index < -0.39 is 5.97 Å². The maximum atomic E-state index is 13.1. The Kier molecular flexibility index (Phi) is 5.26. The van der Waals surface area contributed by atoms with E-state index in [9.17, 15) is 14.3 Å². The summed E-state index contributed by atoms with van der Waals surface area (Å²) in [5.41, 5.74) is 2.74. The standard InChI is InChI=1S/C21H18FNO4/c1-26-19-10-4-14(12-20(19)27-2)13-3-9-17(21(24)25)18(11-13)23-16-7-5-15(22)6-8-16/h3-12,23H,1-2H3,(H,24,25). The van der Waals surface area contributed by atoms with Gasteiger partial charge in [0.15, 0.2) is 11.5 Å². The summed E-state index contributed by atoms with van der Waals surface area (Å²) in [7, 11) is 3.11. The van der Waals surface area contributed by atoms with Gasteiger partial charge < -0.3 is 19.9 Å². The number of methoxy groups -OCH3 is 2. The molecule has 0 aromatic heterocycles. The lowest BCUT2D eigenvalue weighted by atomic mass is 10.0. The Hall–Kier alpha value is -3.54. The van der Waals surface area contributed by atoms with Crippen molar-refractivity contribution in [3.63, 3.8) is 0 Å². The summed E-state index contributed by atoms with van der Waals surface area (Å²) in [6.45, 7) is 0. The Labute approximate surface area is 156 Å². The van der Waals surface area contributed by atoms with Crippen LogP contribution in [0.5, 0.6) is 11.5 Å². The lowest BCUT2D eigenvalue weighted by molar-refractivity contribution is 0.0698. The van der Waals surface area contributed by atoms with E-state index in [0.29, 0.717) is 22.9 Å². The van der Waals surface area contributed by atoms with Gasteiger partial charge in [-0.15, -0.1) is 0 Å². The van der Waals surface area contributed by atoms with Crippen molar-refractivity contribution in [1.29, 1.82) is 0 Å². The van der Waals surface area contributed by atoms with E-state index in [-0.39, 0.29) is 11.4 Å². The lowest BCUT2D eigenvalue weighted by Gasteiger charge is -2.13. The average molecular weight is 367 g/mol. The summed E-state index contributed by atoms with van der Waals surface area (Å²) in [4.78, 5) is 11.6. The van der Waals surface area contributed by atoms with Gasteiger partial charge in [-0.3, -0.25) is 0 Å². The molecule has 0 heterocycles. The summed E-state index contributed by atoms with van der Waals surface area (Å²) >= 11 is 0. The van der Waals surface area contributed by atoms with Crippen LogP contribution in [0.2, 0.25) is 0 Å². The van der Waals surface area contributed by atoms with Crippen LogP contribution in [-0.2, 0) is 0 Å². The SMILES string of the molecule is COc1ccc(-c2ccc(C(=O)O)c(Nc3ccc(F)cc3)c2)cc1OC. The van der Waals surface area contributed by atoms with Crippen molar-refractivity contribution in [2.45, 2.75) is 0 Å². The normalized spacial score (nSPS) is 10.3. The molecular weight excluding hydrogens is 349 g/mol. The maximum absolute atomic E-state index is 13.1. The Morgan fingerprint density at radius 1 is 0.889 bits per heavy atom. The van der Waals surface area contributed by atoms with Gasteiger partial charge in [0.1, 0.15) is 5.82 Å². The number of carbonyl (C=O) groups is 1. The number of rotatable bonds is 6. The number of hydrogen-bond acceptors (Lipinski definition) is 4. The molecule has 0 aliphatic heterocycles. The van der Waals surface area contributed by atoms with Crippen LogP contribution in [0.1, 0.15) is 10.4 Å². The van der Waals surface area contributed by atoms with Crippen LogP contribution in [0, 0.1) is 5.82 Å². The first-order valence-corrected chi connectivity index (χ1v) is 8.14. The minimum atomic E-state index is -1.06. The first-order valence-electron chi connectivity index (χ1n) is 8.14. The second-order valence-corrected chi connectivity index (χ2v) is 5.77. The zero-order valence-electron chi connectivity index (χ0n) is 14.8. The molecule has 0 amide bonds. The quantitative estimate of drug-likeness (QED) is 0.645. The molecule has 0 aliphatic rings. The van der Waals surface area contributed by atoms with Crippen molar-refractivity contribution in [3.8, 4) is 22.6 Å². The largest absolute Gasteiger partial charge is 0.493 e. The van der Waals surface area contributed by atoms with Crippen molar-refractivity contribution >= 4 is 17.3 Å². The van der Waals surface area contributed by atoms with Gasteiger partial charge in [0, 0.05) is 5.69 Å². The highest BCUT2D eigenvalue weighted by molar-refractivity contribution is 5.96. The number of carboxylic acids is 1. The zero-order chi connectivity index (χ0) is 19.4. The molecular formula is C21H18FNO4. The van der Waals surface area contributed by atoms with E-state index >= 15 is 0 Å². The molecule has 3 aromatic carbocycles. The van der Waals surface area contributed by atoms with E-state index in [1.54, 1.807) is 44.6 Å². The fourth-order valence-electron chi connectivity index (χ4n) is 2.72. The van der Waals surface area contributed by atoms with Gasteiger partial charge in [-0.05, 0) is 59.7 Å². The van der Waals surface area contributed by atoms with Gasteiger partial charge in [0.25, 0.3) is 0 Å². The van der Waals surface area contributed by atoms with E-state index in [2.05, 4.69) is 5.32 Å². The predicted octanol–water partition coefficient (Wildman–Crippen LogP) is 4.95. The van der Waals surface area contributed by atoms with Crippen LogP contribution in [-0.4, -0.2) is 25.3 Å². The van der Waals surface area contributed by atoms with Gasteiger partial charge in [-0.2, -0.15) is 0 Å². The molecule has 0 atom stereocenters. The fourth-order valence-corrected chi connectivity index (χ4v) is 2.72. The fraction of sp³-hybridized carbons (Fsp3) is 0.0952. The highest BCUT2D eigenvalue weighted by atomic mass is 19.1. The third kappa shape index (κ3) is 4.00. The second kappa shape index (κ2) is 7.78. The minimum absolute atomic E-state index is 0.114.